The van der Waals surface area contributed by atoms with Crippen LogP contribution >= 0.6 is 0 Å². The molecule has 1 aliphatic carbocycles. The molecule has 2 heterocycles. The smallest absolute Gasteiger partial charge is 0.368 e. The molecular formula is C19H26O3Si. The summed E-state index contributed by atoms with van der Waals surface area (Å²) < 4.78 is 18.9. The molecule has 3 fully saturated rings. The summed E-state index contributed by atoms with van der Waals surface area (Å²) in [6.45, 7) is 6.60. The molecule has 0 aromatic heterocycles. The predicted octanol–water partition coefficient (Wildman–Crippen LogP) is 4.28. The standard InChI is InChI=1S/C19H26O3Si/c1-13-11-17(10-9-16-7-5-4-6-8-16)18(12-13)23-20-14(2)19(22-23)15(3)21-23/h4-10,13-15,17-19H,11-12H2,1-3H3/b10-9+. The Hall–Kier alpha value is -0.943. The first kappa shape index (κ1) is 15.6. The average molecular weight is 331 g/mol. The minimum absolute atomic E-state index is 0.135. The van der Waals surface area contributed by atoms with E-state index in [1.54, 1.807) is 0 Å². The van der Waals surface area contributed by atoms with Crippen molar-refractivity contribution in [2.45, 2.75) is 57.5 Å². The average Bonchev–Trinajstić information content (AvgIpc) is 3.17. The molecular weight excluding hydrogens is 304 g/mol. The van der Waals surface area contributed by atoms with Gasteiger partial charge in [0.25, 0.3) is 0 Å². The molecule has 5 unspecified atom stereocenters. The van der Waals surface area contributed by atoms with Crippen LogP contribution < -0.4 is 0 Å². The Morgan fingerprint density at radius 3 is 2.30 bits per heavy atom. The van der Waals surface area contributed by atoms with Gasteiger partial charge in [0, 0.05) is 5.54 Å². The zero-order valence-corrected chi connectivity index (χ0v) is 15.1. The molecule has 4 rings (SSSR count). The van der Waals surface area contributed by atoms with Crippen molar-refractivity contribution in [3.63, 3.8) is 0 Å². The second-order valence-corrected chi connectivity index (χ2v) is 10.1. The van der Waals surface area contributed by atoms with Crippen LogP contribution in [0, 0.1) is 11.8 Å². The lowest BCUT2D eigenvalue weighted by atomic mass is 10.0. The minimum atomic E-state index is -2.52. The fourth-order valence-electron chi connectivity index (χ4n) is 4.51. The van der Waals surface area contributed by atoms with Gasteiger partial charge in [-0.25, -0.2) is 0 Å². The van der Waals surface area contributed by atoms with Crippen LogP contribution in [0.2, 0.25) is 5.54 Å². The maximum absolute atomic E-state index is 6.36. The van der Waals surface area contributed by atoms with Gasteiger partial charge in [0.05, 0.1) is 18.3 Å². The fraction of sp³-hybridized carbons (Fsp3) is 0.579. The van der Waals surface area contributed by atoms with E-state index in [1.165, 1.54) is 12.0 Å². The van der Waals surface area contributed by atoms with Gasteiger partial charge in [-0.1, -0.05) is 49.4 Å². The van der Waals surface area contributed by atoms with Crippen molar-refractivity contribution in [1.29, 1.82) is 0 Å². The number of fused-ring (bicyclic) bond motifs is 2. The fourth-order valence-corrected chi connectivity index (χ4v) is 8.73. The number of hydrogen-bond acceptors (Lipinski definition) is 3. The van der Waals surface area contributed by atoms with Gasteiger partial charge in [-0.15, -0.1) is 0 Å². The summed E-state index contributed by atoms with van der Waals surface area (Å²) in [6, 6.07) is 10.5. The minimum Gasteiger partial charge on any atom is -0.368 e. The largest absolute Gasteiger partial charge is 0.505 e. The van der Waals surface area contributed by atoms with E-state index < -0.39 is 8.80 Å². The first-order chi connectivity index (χ1) is 11.1. The van der Waals surface area contributed by atoms with Crippen LogP contribution in [-0.4, -0.2) is 27.1 Å². The monoisotopic (exact) mass is 330 g/mol. The second-order valence-electron chi connectivity index (χ2n) is 7.45. The molecule has 124 valence electrons. The Balaban J connectivity index is 1.56. The summed E-state index contributed by atoms with van der Waals surface area (Å²) in [5, 5.41) is 0. The maximum atomic E-state index is 6.36. The highest BCUT2D eigenvalue weighted by atomic mass is 28.4. The van der Waals surface area contributed by atoms with Crippen LogP contribution in [0.3, 0.4) is 0 Å². The summed E-state index contributed by atoms with van der Waals surface area (Å²) in [5.41, 5.74) is 1.67. The van der Waals surface area contributed by atoms with Crippen molar-refractivity contribution in [1.82, 2.24) is 0 Å². The molecule has 0 spiro atoms. The molecule has 3 nitrogen and oxygen atoms in total. The summed E-state index contributed by atoms with van der Waals surface area (Å²) >= 11 is 0. The van der Waals surface area contributed by atoms with E-state index in [9.17, 15) is 0 Å². The zero-order chi connectivity index (χ0) is 16.0. The first-order valence-electron chi connectivity index (χ1n) is 8.84. The summed E-state index contributed by atoms with van der Waals surface area (Å²) in [7, 11) is -2.52. The van der Waals surface area contributed by atoms with Gasteiger partial charge in [0.1, 0.15) is 0 Å². The van der Waals surface area contributed by atoms with Crippen LogP contribution in [0.25, 0.3) is 6.08 Å². The van der Waals surface area contributed by atoms with E-state index in [0.29, 0.717) is 17.4 Å². The molecule has 4 heteroatoms. The molecule has 1 aromatic rings. The molecule has 1 aromatic carbocycles. The van der Waals surface area contributed by atoms with Crippen molar-refractivity contribution in [2.24, 2.45) is 11.8 Å². The molecule has 0 N–H and O–H groups in total. The Bertz CT molecular complexity index is 576. The molecule has 5 atom stereocenters. The number of benzene rings is 1. The number of hydrogen-bond donors (Lipinski definition) is 0. The van der Waals surface area contributed by atoms with E-state index >= 15 is 0 Å². The van der Waals surface area contributed by atoms with Gasteiger partial charge in [-0.05, 0) is 44.1 Å². The van der Waals surface area contributed by atoms with Gasteiger partial charge in [-0.2, -0.15) is 0 Å². The molecule has 23 heavy (non-hydrogen) atoms. The van der Waals surface area contributed by atoms with E-state index in [0.717, 1.165) is 6.42 Å². The van der Waals surface area contributed by atoms with Crippen LogP contribution in [0.4, 0.5) is 0 Å². The van der Waals surface area contributed by atoms with Gasteiger partial charge >= 0.3 is 8.80 Å². The third-order valence-corrected chi connectivity index (χ3v) is 9.14. The third kappa shape index (κ3) is 2.72. The van der Waals surface area contributed by atoms with Crippen LogP contribution in [0.15, 0.2) is 36.4 Å². The third-order valence-electron chi connectivity index (χ3n) is 5.56. The van der Waals surface area contributed by atoms with Gasteiger partial charge in [0.15, 0.2) is 0 Å². The van der Waals surface area contributed by atoms with E-state index in [1.807, 2.05) is 0 Å². The number of allylic oxidation sites excluding steroid dienone is 1. The topological polar surface area (TPSA) is 27.7 Å². The van der Waals surface area contributed by atoms with E-state index in [-0.39, 0.29) is 18.3 Å². The van der Waals surface area contributed by atoms with Crippen LogP contribution in [-0.2, 0) is 13.3 Å². The lowest BCUT2D eigenvalue weighted by Crippen LogP contribution is -2.48. The zero-order valence-electron chi connectivity index (χ0n) is 14.1. The Morgan fingerprint density at radius 1 is 0.957 bits per heavy atom. The Labute approximate surface area is 140 Å². The van der Waals surface area contributed by atoms with Gasteiger partial charge in [-0.3, -0.25) is 0 Å². The molecule has 0 amide bonds. The van der Waals surface area contributed by atoms with Crippen LogP contribution in [0.5, 0.6) is 0 Å². The Kier molecular flexibility index (Phi) is 3.96. The maximum Gasteiger partial charge on any atom is 0.505 e. The molecule has 0 radical (unpaired) electrons. The molecule has 2 aliphatic heterocycles. The predicted molar refractivity (Wildman–Crippen MR) is 92.8 cm³/mol. The quantitative estimate of drug-likeness (QED) is 0.774. The lowest BCUT2D eigenvalue weighted by molar-refractivity contribution is 0.0365. The van der Waals surface area contributed by atoms with Gasteiger partial charge < -0.3 is 13.3 Å². The highest BCUT2D eigenvalue weighted by Gasteiger charge is 2.67. The summed E-state index contributed by atoms with van der Waals surface area (Å²) in [6.07, 6.45) is 7.46. The number of rotatable bonds is 3. The normalized spacial score (nSPS) is 46.0. The lowest BCUT2D eigenvalue weighted by Gasteiger charge is -2.32. The van der Waals surface area contributed by atoms with E-state index in [4.69, 9.17) is 13.3 Å². The molecule has 1 saturated carbocycles. The molecule has 2 saturated heterocycles. The summed E-state index contributed by atoms with van der Waals surface area (Å²) in [5.74, 6) is 1.20. The van der Waals surface area contributed by atoms with Crippen molar-refractivity contribution in [3.8, 4) is 0 Å². The Morgan fingerprint density at radius 2 is 1.65 bits per heavy atom. The van der Waals surface area contributed by atoms with E-state index in [2.05, 4.69) is 63.3 Å². The first-order valence-corrected chi connectivity index (χ1v) is 10.6. The van der Waals surface area contributed by atoms with Crippen molar-refractivity contribution < 1.29 is 13.3 Å². The second kappa shape index (κ2) is 5.85. The van der Waals surface area contributed by atoms with Crippen molar-refractivity contribution >= 4 is 14.9 Å². The highest BCUT2D eigenvalue weighted by Crippen LogP contribution is 2.54. The van der Waals surface area contributed by atoms with Crippen molar-refractivity contribution in [3.05, 3.63) is 42.0 Å². The van der Waals surface area contributed by atoms with Crippen molar-refractivity contribution in [2.75, 3.05) is 0 Å². The molecule has 2 bridgehead atoms. The van der Waals surface area contributed by atoms with Gasteiger partial charge in [0.2, 0.25) is 0 Å². The summed E-state index contributed by atoms with van der Waals surface area (Å²) in [4.78, 5) is 0. The SMILES string of the molecule is CC1CC(/C=C/c2ccccc2)C([Si]23OC(C)C(O2)C(C)O3)C1. The molecule has 3 aliphatic rings. The highest BCUT2D eigenvalue weighted by molar-refractivity contribution is 6.64. The van der Waals surface area contributed by atoms with Crippen LogP contribution in [0.1, 0.15) is 39.2 Å².